The highest BCUT2D eigenvalue weighted by Crippen LogP contribution is 2.51. The molecule has 1 N–H and O–H groups in total. The van der Waals surface area contributed by atoms with Crippen LogP contribution in [0, 0.1) is 10.8 Å². The van der Waals surface area contributed by atoms with Gasteiger partial charge in [0, 0.05) is 18.0 Å². The zero-order valence-corrected chi connectivity index (χ0v) is 21.9. The van der Waals surface area contributed by atoms with E-state index in [1.807, 2.05) is 12.1 Å². The quantitative estimate of drug-likeness (QED) is 0.377. The van der Waals surface area contributed by atoms with Crippen molar-refractivity contribution in [2.24, 2.45) is 10.8 Å². The third-order valence-electron chi connectivity index (χ3n) is 6.43. The second kappa shape index (κ2) is 8.97. The van der Waals surface area contributed by atoms with Gasteiger partial charge in [-0.2, -0.15) is 0 Å². The van der Waals surface area contributed by atoms with Gasteiger partial charge in [0.25, 0.3) is 0 Å². The summed E-state index contributed by atoms with van der Waals surface area (Å²) in [4.78, 5) is 4.80. The van der Waals surface area contributed by atoms with Gasteiger partial charge in [0.1, 0.15) is 5.75 Å². The van der Waals surface area contributed by atoms with Crippen LogP contribution in [0.15, 0.2) is 42.5 Å². The largest absolute Gasteiger partial charge is 0.573 e. The van der Waals surface area contributed by atoms with E-state index in [-0.39, 0.29) is 28.4 Å². The topological polar surface area (TPSA) is 73.2 Å². The number of nitrogens with one attached hydrogen (secondary N) is 1. The fraction of sp³-hybridized carbons (Fsp3) is 0.500. The van der Waals surface area contributed by atoms with Crippen molar-refractivity contribution in [3.63, 3.8) is 0 Å². The van der Waals surface area contributed by atoms with Crippen molar-refractivity contribution < 1.29 is 26.3 Å². The molecule has 1 aliphatic carbocycles. The van der Waals surface area contributed by atoms with E-state index in [4.69, 9.17) is 4.98 Å². The van der Waals surface area contributed by atoms with Crippen molar-refractivity contribution in [1.82, 2.24) is 9.55 Å². The van der Waals surface area contributed by atoms with Gasteiger partial charge >= 0.3 is 6.36 Å². The number of benzene rings is 2. The molecule has 6 nitrogen and oxygen atoms in total. The number of aromatic nitrogens is 2. The Balaban J connectivity index is 1.76. The number of nitrogens with zero attached hydrogens (tertiary/aromatic N) is 2. The van der Waals surface area contributed by atoms with Crippen molar-refractivity contribution in [3.05, 3.63) is 48.0 Å². The number of rotatable bonds is 6. The van der Waals surface area contributed by atoms with Crippen molar-refractivity contribution in [3.8, 4) is 5.75 Å². The fourth-order valence-electron chi connectivity index (χ4n) is 5.83. The smallest absolute Gasteiger partial charge is 0.406 e. The zero-order chi connectivity index (χ0) is 26.5. The van der Waals surface area contributed by atoms with Gasteiger partial charge in [-0.15, -0.1) is 13.2 Å². The molecule has 4 rings (SSSR count). The Morgan fingerprint density at radius 2 is 1.67 bits per heavy atom. The zero-order valence-electron chi connectivity index (χ0n) is 21.1. The summed E-state index contributed by atoms with van der Waals surface area (Å²) in [6.07, 6.45) is -0.612. The standard InChI is InChI=1S/C26H32F3N3O3S/c1-24(2)13-19(14-25(3,4)16-24)32-22-11-6-17(15-36(5,33)34)12-21(22)31-23(32)30-18-7-9-20(10-8-18)35-26(27,28)29/h6-12,19H,13-16H2,1-5H3,(H,30,31). The van der Waals surface area contributed by atoms with Crippen LogP contribution in [-0.2, 0) is 15.6 Å². The lowest BCUT2D eigenvalue weighted by molar-refractivity contribution is -0.274. The molecule has 1 aliphatic rings. The molecule has 0 atom stereocenters. The van der Waals surface area contributed by atoms with Crippen LogP contribution in [0.2, 0.25) is 0 Å². The molecule has 10 heteroatoms. The van der Waals surface area contributed by atoms with Gasteiger partial charge in [0.05, 0.1) is 16.8 Å². The lowest BCUT2D eigenvalue weighted by Gasteiger charge is -2.45. The Labute approximate surface area is 209 Å². The minimum atomic E-state index is -4.76. The lowest BCUT2D eigenvalue weighted by Crippen LogP contribution is -2.35. The van der Waals surface area contributed by atoms with E-state index in [2.05, 4.69) is 42.3 Å². The molecule has 0 aliphatic heterocycles. The Bertz CT molecular complexity index is 1340. The Morgan fingerprint density at radius 1 is 1.06 bits per heavy atom. The summed E-state index contributed by atoms with van der Waals surface area (Å²) in [5, 5.41) is 3.27. The van der Waals surface area contributed by atoms with Gasteiger partial charge in [-0.1, -0.05) is 33.8 Å². The van der Waals surface area contributed by atoms with Crippen LogP contribution < -0.4 is 10.1 Å². The van der Waals surface area contributed by atoms with Crippen LogP contribution >= 0.6 is 0 Å². The van der Waals surface area contributed by atoms with E-state index < -0.39 is 16.2 Å². The van der Waals surface area contributed by atoms with E-state index in [0.29, 0.717) is 22.7 Å². The number of imidazole rings is 1. The van der Waals surface area contributed by atoms with Gasteiger partial charge in [0.2, 0.25) is 5.95 Å². The molecule has 2 aromatic carbocycles. The molecule has 1 fully saturated rings. The van der Waals surface area contributed by atoms with Crippen LogP contribution in [0.5, 0.6) is 5.75 Å². The fourth-order valence-corrected chi connectivity index (χ4v) is 6.62. The first-order valence-corrected chi connectivity index (χ1v) is 13.9. The van der Waals surface area contributed by atoms with E-state index in [1.165, 1.54) is 30.5 Å². The maximum Gasteiger partial charge on any atom is 0.573 e. The number of sulfone groups is 1. The molecule has 196 valence electrons. The monoisotopic (exact) mass is 523 g/mol. The molecule has 1 aromatic heterocycles. The van der Waals surface area contributed by atoms with Gasteiger partial charge in [-0.05, 0) is 72.1 Å². The normalized spacial score (nSPS) is 18.3. The maximum absolute atomic E-state index is 12.5. The minimum absolute atomic E-state index is 0.0806. The molecule has 36 heavy (non-hydrogen) atoms. The van der Waals surface area contributed by atoms with Crippen LogP contribution in [0.1, 0.15) is 58.6 Å². The summed E-state index contributed by atoms with van der Waals surface area (Å²) in [5.41, 5.74) is 2.97. The first kappa shape index (κ1) is 26.3. The Hall–Kier alpha value is -2.75. The molecule has 0 spiro atoms. The average molecular weight is 524 g/mol. The highest BCUT2D eigenvalue weighted by molar-refractivity contribution is 7.89. The minimum Gasteiger partial charge on any atom is -0.406 e. The molecular weight excluding hydrogens is 491 g/mol. The highest BCUT2D eigenvalue weighted by atomic mass is 32.2. The highest BCUT2D eigenvalue weighted by Gasteiger charge is 2.40. The molecule has 0 radical (unpaired) electrons. The predicted molar refractivity (Wildman–Crippen MR) is 135 cm³/mol. The number of alkyl halides is 3. The van der Waals surface area contributed by atoms with Crippen LogP contribution in [0.3, 0.4) is 0 Å². The van der Waals surface area contributed by atoms with Crippen molar-refractivity contribution in [2.45, 2.75) is 65.1 Å². The van der Waals surface area contributed by atoms with E-state index in [1.54, 1.807) is 6.07 Å². The summed E-state index contributed by atoms with van der Waals surface area (Å²) >= 11 is 0. The van der Waals surface area contributed by atoms with E-state index in [0.717, 1.165) is 24.8 Å². The van der Waals surface area contributed by atoms with E-state index in [9.17, 15) is 21.6 Å². The molecule has 0 saturated heterocycles. The number of ether oxygens (including phenoxy) is 1. The average Bonchev–Trinajstić information content (AvgIpc) is 3.01. The number of halogens is 3. The van der Waals surface area contributed by atoms with Gasteiger partial charge in [-0.3, -0.25) is 0 Å². The molecule has 0 amide bonds. The Kier molecular flexibility index (Phi) is 6.56. The molecule has 0 unspecified atom stereocenters. The maximum atomic E-state index is 12.5. The Morgan fingerprint density at radius 3 is 2.22 bits per heavy atom. The van der Waals surface area contributed by atoms with E-state index >= 15 is 0 Å². The molecular formula is C26H32F3N3O3S. The van der Waals surface area contributed by atoms with Gasteiger partial charge < -0.3 is 14.6 Å². The number of hydrogen-bond donors (Lipinski definition) is 1. The summed E-state index contributed by atoms with van der Waals surface area (Å²) < 4.78 is 67.4. The lowest BCUT2D eigenvalue weighted by atomic mass is 9.63. The number of hydrogen-bond acceptors (Lipinski definition) is 5. The van der Waals surface area contributed by atoms with Crippen LogP contribution in [0.25, 0.3) is 11.0 Å². The second-order valence-electron chi connectivity index (χ2n) is 11.5. The van der Waals surface area contributed by atoms with Gasteiger partial charge in [0.15, 0.2) is 9.84 Å². The summed E-state index contributed by atoms with van der Waals surface area (Å²) in [7, 11) is -3.21. The third-order valence-corrected chi connectivity index (χ3v) is 7.28. The SMILES string of the molecule is CC1(C)CC(n2c(Nc3ccc(OC(F)(F)F)cc3)nc3cc(CS(C)(=O)=O)ccc32)CC(C)(C)C1. The first-order valence-electron chi connectivity index (χ1n) is 11.8. The second-order valence-corrected chi connectivity index (χ2v) is 13.6. The number of anilines is 2. The van der Waals surface area contributed by atoms with Crippen molar-refractivity contribution in [2.75, 3.05) is 11.6 Å². The van der Waals surface area contributed by atoms with Crippen molar-refractivity contribution >= 4 is 32.5 Å². The molecule has 3 aromatic rings. The summed E-state index contributed by atoms with van der Waals surface area (Å²) in [5.74, 6) is 0.176. The van der Waals surface area contributed by atoms with Gasteiger partial charge in [-0.25, -0.2) is 13.4 Å². The van der Waals surface area contributed by atoms with Crippen LogP contribution in [-0.4, -0.2) is 30.6 Å². The predicted octanol–water partition coefficient (Wildman–Crippen LogP) is 7.00. The summed E-state index contributed by atoms with van der Waals surface area (Å²) in [6.45, 7) is 9.04. The third kappa shape index (κ3) is 6.52. The first-order chi connectivity index (χ1) is 16.5. The molecule has 0 bridgehead atoms. The molecule has 1 heterocycles. The van der Waals surface area contributed by atoms with Crippen molar-refractivity contribution in [1.29, 1.82) is 0 Å². The van der Waals surface area contributed by atoms with Crippen LogP contribution in [0.4, 0.5) is 24.8 Å². The number of fused-ring (bicyclic) bond motifs is 1. The molecule has 1 saturated carbocycles. The summed E-state index contributed by atoms with van der Waals surface area (Å²) in [6, 6.07) is 11.2.